The summed E-state index contributed by atoms with van der Waals surface area (Å²) >= 11 is 0. The van der Waals surface area contributed by atoms with E-state index in [-0.39, 0.29) is 18.4 Å². The van der Waals surface area contributed by atoms with Crippen LogP contribution in [0.4, 0.5) is 8.78 Å². The molecule has 1 unspecified atom stereocenters. The largest absolute Gasteiger partial charge is 0.299 e. The average Bonchev–Trinajstić information content (AvgIpc) is 2.29. The maximum absolute atomic E-state index is 12.9. The summed E-state index contributed by atoms with van der Waals surface area (Å²) in [4.78, 5) is 5.98. The number of halogens is 2. The first-order valence-corrected chi connectivity index (χ1v) is 5.65. The predicted molar refractivity (Wildman–Crippen MR) is 58.2 cm³/mol. The summed E-state index contributed by atoms with van der Waals surface area (Å²) in [5.41, 5.74) is 0.861. The molecule has 1 fully saturated rings. The van der Waals surface area contributed by atoms with E-state index in [9.17, 15) is 8.78 Å². The molecule has 1 aliphatic rings. The van der Waals surface area contributed by atoms with E-state index in [1.54, 1.807) is 6.20 Å². The van der Waals surface area contributed by atoms with Crippen molar-refractivity contribution >= 4 is 0 Å². The van der Waals surface area contributed by atoms with Crippen LogP contribution in [0.5, 0.6) is 0 Å². The minimum Gasteiger partial charge on any atom is -0.299 e. The second kappa shape index (κ2) is 5.34. The van der Waals surface area contributed by atoms with Gasteiger partial charge in [0.15, 0.2) is 0 Å². The summed E-state index contributed by atoms with van der Waals surface area (Å²) in [5.74, 6) is -0.160. The highest BCUT2D eigenvalue weighted by Crippen LogP contribution is 2.18. The van der Waals surface area contributed by atoms with Crippen LogP contribution in [0.1, 0.15) is 18.4 Å². The molecule has 0 radical (unpaired) electrons. The molecule has 0 spiro atoms. The van der Waals surface area contributed by atoms with E-state index in [1.807, 2.05) is 0 Å². The van der Waals surface area contributed by atoms with Gasteiger partial charge in [-0.1, -0.05) is 0 Å². The fourth-order valence-corrected chi connectivity index (χ4v) is 2.22. The fourth-order valence-electron chi connectivity index (χ4n) is 2.22. The zero-order valence-corrected chi connectivity index (χ0v) is 9.20. The molecular weight excluding hydrogens is 210 g/mol. The van der Waals surface area contributed by atoms with Crippen molar-refractivity contribution in [2.75, 3.05) is 19.8 Å². The van der Waals surface area contributed by atoms with Gasteiger partial charge in [-0.2, -0.15) is 0 Å². The summed E-state index contributed by atoms with van der Waals surface area (Å²) in [7, 11) is 0. The molecule has 2 nitrogen and oxygen atoms in total. The molecule has 1 aliphatic heterocycles. The van der Waals surface area contributed by atoms with Crippen molar-refractivity contribution in [2.45, 2.75) is 19.4 Å². The van der Waals surface area contributed by atoms with Crippen molar-refractivity contribution in [2.24, 2.45) is 5.92 Å². The Kier molecular flexibility index (Phi) is 3.83. The third-order valence-corrected chi connectivity index (χ3v) is 2.99. The molecule has 0 N–H and O–H groups in total. The molecule has 0 bridgehead atoms. The van der Waals surface area contributed by atoms with Gasteiger partial charge in [0.05, 0.1) is 12.9 Å². The number of aromatic nitrogens is 1. The third kappa shape index (κ3) is 2.98. The molecule has 0 aromatic carbocycles. The van der Waals surface area contributed by atoms with E-state index < -0.39 is 0 Å². The number of piperidine rings is 1. The highest BCUT2D eigenvalue weighted by molar-refractivity contribution is 5.10. The topological polar surface area (TPSA) is 16.1 Å². The highest BCUT2D eigenvalue weighted by Gasteiger charge is 2.19. The van der Waals surface area contributed by atoms with Crippen LogP contribution >= 0.6 is 0 Å². The van der Waals surface area contributed by atoms with E-state index in [0.717, 1.165) is 31.5 Å². The van der Waals surface area contributed by atoms with Crippen LogP contribution in [0.2, 0.25) is 0 Å². The van der Waals surface area contributed by atoms with Crippen molar-refractivity contribution in [3.8, 4) is 0 Å². The van der Waals surface area contributed by atoms with Crippen LogP contribution in [-0.4, -0.2) is 29.6 Å². The average molecular weight is 226 g/mol. The monoisotopic (exact) mass is 226 g/mol. The van der Waals surface area contributed by atoms with Crippen LogP contribution in [0.15, 0.2) is 18.5 Å². The Bertz CT molecular complexity index is 344. The van der Waals surface area contributed by atoms with Gasteiger partial charge >= 0.3 is 0 Å². The Morgan fingerprint density at radius 3 is 3.06 bits per heavy atom. The molecule has 2 heterocycles. The summed E-state index contributed by atoms with van der Waals surface area (Å²) in [6.07, 6.45) is 4.86. The molecule has 1 aromatic rings. The van der Waals surface area contributed by atoms with Crippen LogP contribution in [0.3, 0.4) is 0 Å². The highest BCUT2D eigenvalue weighted by atomic mass is 19.1. The molecular formula is C12H16F2N2. The third-order valence-electron chi connectivity index (χ3n) is 2.99. The number of alkyl halides is 1. The lowest BCUT2D eigenvalue weighted by atomic mass is 9.99. The Labute approximate surface area is 94.3 Å². The van der Waals surface area contributed by atoms with E-state index in [4.69, 9.17) is 0 Å². The summed E-state index contributed by atoms with van der Waals surface area (Å²) in [6, 6.07) is 1.49. The van der Waals surface area contributed by atoms with Gasteiger partial charge in [-0.15, -0.1) is 0 Å². The predicted octanol–water partition coefficient (Wildman–Crippen LogP) is 2.40. The quantitative estimate of drug-likeness (QED) is 0.786. The second-order valence-corrected chi connectivity index (χ2v) is 4.41. The number of rotatable bonds is 3. The number of hydrogen-bond acceptors (Lipinski definition) is 2. The molecule has 0 aliphatic carbocycles. The first-order chi connectivity index (χ1) is 7.78. The van der Waals surface area contributed by atoms with E-state index in [0.29, 0.717) is 6.54 Å². The van der Waals surface area contributed by atoms with Gasteiger partial charge in [0.25, 0.3) is 0 Å². The maximum atomic E-state index is 12.9. The molecule has 1 aromatic heterocycles. The molecule has 4 heteroatoms. The molecule has 1 atom stereocenters. The van der Waals surface area contributed by atoms with E-state index >= 15 is 0 Å². The first-order valence-electron chi connectivity index (χ1n) is 5.65. The van der Waals surface area contributed by atoms with Crippen molar-refractivity contribution in [1.82, 2.24) is 9.88 Å². The lowest BCUT2D eigenvalue weighted by Gasteiger charge is -2.31. The number of hydrogen-bond donors (Lipinski definition) is 0. The molecule has 88 valence electrons. The zero-order chi connectivity index (χ0) is 11.4. The van der Waals surface area contributed by atoms with Gasteiger partial charge in [-0.05, 0) is 31.0 Å². The van der Waals surface area contributed by atoms with Crippen molar-refractivity contribution in [3.05, 3.63) is 29.8 Å². The van der Waals surface area contributed by atoms with Gasteiger partial charge in [0.1, 0.15) is 5.82 Å². The minimum absolute atomic E-state index is 0.148. The van der Waals surface area contributed by atoms with E-state index in [1.165, 1.54) is 12.3 Å². The molecule has 16 heavy (non-hydrogen) atoms. The molecule has 0 amide bonds. The lowest BCUT2D eigenvalue weighted by molar-refractivity contribution is 0.147. The number of nitrogens with zero attached hydrogens (tertiary/aromatic N) is 2. The molecule has 1 saturated heterocycles. The summed E-state index contributed by atoms with van der Waals surface area (Å²) in [6.45, 7) is 2.15. The Hall–Kier alpha value is -1.03. The van der Waals surface area contributed by atoms with Crippen LogP contribution in [0, 0.1) is 11.7 Å². The van der Waals surface area contributed by atoms with Crippen molar-refractivity contribution in [3.63, 3.8) is 0 Å². The van der Waals surface area contributed by atoms with Crippen molar-refractivity contribution < 1.29 is 8.78 Å². The lowest BCUT2D eigenvalue weighted by Crippen LogP contribution is -2.35. The smallest absolute Gasteiger partial charge is 0.141 e. The molecule has 2 rings (SSSR count). The normalized spacial score (nSPS) is 22.2. The SMILES string of the molecule is FCC1CCCN(Cc2cncc(F)c2)C1. The van der Waals surface area contributed by atoms with Gasteiger partial charge in [0.2, 0.25) is 0 Å². The number of likely N-dealkylation sites (tertiary alicyclic amines) is 1. The summed E-state index contributed by atoms with van der Waals surface area (Å²) in [5, 5.41) is 0. The van der Waals surface area contributed by atoms with Gasteiger partial charge in [0, 0.05) is 25.2 Å². The van der Waals surface area contributed by atoms with Crippen LogP contribution in [0.25, 0.3) is 0 Å². The second-order valence-electron chi connectivity index (χ2n) is 4.41. The Morgan fingerprint density at radius 1 is 1.44 bits per heavy atom. The minimum atomic E-state index is -0.309. The van der Waals surface area contributed by atoms with Gasteiger partial charge in [-0.25, -0.2) is 4.39 Å². The Morgan fingerprint density at radius 2 is 2.31 bits per heavy atom. The molecule has 0 saturated carbocycles. The number of pyridine rings is 1. The summed E-state index contributed by atoms with van der Waals surface area (Å²) < 4.78 is 25.5. The van der Waals surface area contributed by atoms with Gasteiger partial charge in [-0.3, -0.25) is 14.3 Å². The van der Waals surface area contributed by atoms with E-state index in [2.05, 4.69) is 9.88 Å². The van der Waals surface area contributed by atoms with Crippen LogP contribution < -0.4 is 0 Å². The fraction of sp³-hybridized carbons (Fsp3) is 0.583. The zero-order valence-electron chi connectivity index (χ0n) is 9.20. The maximum Gasteiger partial charge on any atom is 0.141 e. The van der Waals surface area contributed by atoms with Gasteiger partial charge < -0.3 is 0 Å². The standard InChI is InChI=1S/C12H16F2N2/c13-5-10-2-1-3-16(8-10)9-11-4-12(14)7-15-6-11/h4,6-7,10H,1-3,5,8-9H2. The van der Waals surface area contributed by atoms with Crippen LogP contribution in [-0.2, 0) is 6.54 Å². The first kappa shape index (κ1) is 11.5. The van der Waals surface area contributed by atoms with Crippen molar-refractivity contribution in [1.29, 1.82) is 0 Å². The Balaban J connectivity index is 1.94.